The summed E-state index contributed by atoms with van der Waals surface area (Å²) in [6.45, 7) is 0. The third-order valence-electron chi connectivity index (χ3n) is 6.48. The fourth-order valence-corrected chi connectivity index (χ4v) is 5.04. The number of carbonyl (C=O) groups excluding carboxylic acids is 2. The molecule has 2 heterocycles. The summed E-state index contributed by atoms with van der Waals surface area (Å²) in [5.41, 5.74) is 2.92. The molecule has 0 saturated heterocycles. The first-order valence-electron chi connectivity index (χ1n) is 10.4. The van der Waals surface area contributed by atoms with Crippen LogP contribution in [0.15, 0.2) is 103 Å². The van der Waals surface area contributed by atoms with Gasteiger partial charge in [-0.15, -0.1) is 0 Å². The zero-order valence-corrected chi connectivity index (χ0v) is 16.8. The molecule has 6 rings (SSSR count). The molecule has 4 aromatic carbocycles. The van der Waals surface area contributed by atoms with Crippen LogP contribution in [0.25, 0.3) is 16.3 Å². The van der Waals surface area contributed by atoms with Gasteiger partial charge in [0, 0.05) is 18.1 Å². The monoisotopic (exact) mass is 401 g/mol. The van der Waals surface area contributed by atoms with E-state index in [9.17, 15) is 9.59 Å². The molecule has 148 valence electrons. The van der Waals surface area contributed by atoms with Crippen molar-refractivity contribution >= 4 is 33.7 Å². The first kappa shape index (κ1) is 17.8. The maximum Gasteiger partial charge on any atom is 0.252 e. The highest BCUT2D eigenvalue weighted by Crippen LogP contribution is 2.52. The number of Topliss-reactive ketones (excluding diaryl/α,β-unsaturated/α-hetero) is 1. The van der Waals surface area contributed by atoms with Gasteiger partial charge in [0.25, 0.3) is 5.91 Å². The van der Waals surface area contributed by atoms with Gasteiger partial charge in [0.15, 0.2) is 5.78 Å². The van der Waals surface area contributed by atoms with E-state index >= 15 is 0 Å². The summed E-state index contributed by atoms with van der Waals surface area (Å²) in [7, 11) is 0. The second-order valence-corrected chi connectivity index (χ2v) is 8.15. The van der Waals surface area contributed by atoms with Crippen molar-refractivity contribution in [2.24, 2.45) is 0 Å². The number of hydrogen-bond donors (Lipinski definition) is 0. The average Bonchev–Trinajstić information content (AvgIpc) is 3.09. The lowest BCUT2D eigenvalue weighted by atomic mass is 9.75. The number of nitrogens with zero attached hydrogens (tertiary/aromatic N) is 1. The minimum Gasteiger partial charge on any atom is -0.291 e. The molecule has 0 bridgehead atoms. The number of rotatable bonds is 2. The summed E-state index contributed by atoms with van der Waals surface area (Å²) in [4.78, 5) is 29.2. The predicted octanol–water partition coefficient (Wildman–Crippen LogP) is 5.75. The first-order valence-corrected chi connectivity index (χ1v) is 10.4. The van der Waals surface area contributed by atoms with Crippen LogP contribution in [0.2, 0.25) is 0 Å². The molecule has 31 heavy (non-hydrogen) atoms. The Kier molecular flexibility index (Phi) is 3.75. The van der Waals surface area contributed by atoms with E-state index < -0.39 is 5.54 Å². The van der Waals surface area contributed by atoms with E-state index in [1.54, 1.807) is 11.0 Å². The molecular formula is C28H19NO2. The normalized spacial score (nSPS) is 19.9. The van der Waals surface area contributed by atoms with Crippen molar-refractivity contribution in [1.29, 1.82) is 0 Å². The van der Waals surface area contributed by atoms with Crippen molar-refractivity contribution in [2.45, 2.75) is 12.0 Å². The molecule has 2 aliphatic rings. The largest absolute Gasteiger partial charge is 0.291 e. The van der Waals surface area contributed by atoms with Crippen molar-refractivity contribution in [3.8, 4) is 0 Å². The summed E-state index contributed by atoms with van der Waals surface area (Å²) in [6, 6.07) is 31.5. The summed E-state index contributed by atoms with van der Waals surface area (Å²) < 4.78 is 0. The highest BCUT2D eigenvalue weighted by molar-refractivity contribution is 6.25. The molecule has 0 aromatic heterocycles. The third kappa shape index (κ3) is 2.47. The van der Waals surface area contributed by atoms with E-state index in [1.807, 2.05) is 84.9 Å². The van der Waals surface area contributed by atoms with Crippen molar-refractivity contribution in [1.82, 2.24) is 0 Å². The first-order chi connectivity index (χ1) is 15.2. The predicted molar refractivity (Wildman–Crippen MR) is 123 cm³/mol. The molecule has 0 N–H and O–H groups in total. The minimum absolute atomic E-state index is 0.0201. The second kappa shape index (κ2) is 6.51. The molecule has 3 nitrogen and oxygen atoms in total. The van der Waals surface area contributed by atoms with E-state index in [2.05, 4.69) is 12.1 Å². The maximum atomic E-state index is 14.0. The van der Waals surface area contributed by atoms with Crippen LogP contribution in [0.1, 0.15) is 27.9 Å². The smallest absolute Gasteiger partial charge is 0.252 e. The van der Waals surface area contributed by atoms with Gasteiger partial charge in [-0.3, -0.25) is 14.5 Å². The molecule has 4 aromatic rings. The van der Waals surface area contributed by atoms with Crippen molar-refractivity contribution < 1.29 is 9.59 Å². The summed E-state index contributed by atoms with van der Waals surface area (Å²) in [6.07, 6.45) is 2.12. The number of para-hydroxylation sites is 1. The molecule has 0 saturated carbocycles. The lowest BCUT2D eigenvalue weighted by molar-refractivity contribution is -0.115. The third-order valence-corrected chi connectivity index (χ3v) is 6.48. The number of fused-ring (bicyclic) bond motifs is 4. The van der Waals surface area contributed by atoms with Crippen molar-refractivity contribution in [2.75, 3.05) is 4.90 Å². The van der Waals surface area contributed by atoms with Gasteiger partial charge in [0.2, 0.25) is 0 Å². The Bertz CT molecular complexity index is 1400. The van der Waals surface area contributed by atoms with Crippen molar-refractivity contribution in [3.05, 3.63) is 120 Å². The van der Waals surface area contributed by atoms with Crippen molar-refractivity contribution in [3.63, 3.8) is 0 Å². The van der Waals surface area contributed by atoms with Gasteiger partial charge in [0.05, 0.1) is 5.69 Å². The van der Waals surface area contributed by atoms with Gasteiger partial charge in [-0.1, -0.05) is 78.9 Å². The Morgan fingerprint density at radius 3 is 2.26 bits per heavy atom. The number of benzene rings is 4. The van der Waals surface area contributed by atoms with E-state index in [0.29, 0.717) is 17.7 Å². The fourth-order valence-electron chi connectivity index (χ4n) is 5.04. The molecule has 0 aliphatic carbocycles. The van der Waals surface area contributed by atoms with Gasteiger partial charge >= 0.3 is 0 Å². The quantitative estimate of drug-likeness (QED) is 0.429. The van der Waals surface area contributed by atoms with Gasteiger partial charge in [0.1, 0.15) is 5.54 Å². The van der Waals surface area contributed by atoms with Gasteiger partial charge < -0.3 is 0 Å². The zero-order valence-electron chi connectivity index (χ0n) is 16.8. The summed E-state index contributed by atoms with van der Waals surface area (Å²) in [5, 5.41) is 2.17. The zero-order chi connectivity index (χ0) is 21.0. The van der Waals surface area contributed by atoms with Crippen LogP contribution in [-0.2, 0) is 10.3 Å². The Labute approximate surface area is 180 Å². The minimum atomic E-state index is -1.08. The number of carbonyl (C=O) groups is 2. The standard InChI is InChI=1S/C28H19NO2/c30-26-17-22(19-8-2-1-3-9-19)18-28(23-15-14-20-10-4-5-11-21(20)16-23)27(31)24-12-6-7-13-25(24)29(26)28/h1-17H,18H2/t28-/m0/s1. The van der Waals surface area contributed by atoms with E-state index in [-0.39, 0.29) is 11.7 Å². The Morgan fingerprint density at radius 1 is 0.710 bits per heavy atom. The molecule has 0 radical (unpaired) electrons. The molecule has 3 heteroatoms. The van der Waals surface area contributed by atoms with Crippen LogP contribution in [0.5, 0.6) is 0 Å². The second-order valence-electron chi connectivity index (χ2n) is 8.15. The van der Waals surface area contributed by atoms with Crippen LogP contribution >= 0.6 is 0 Å². The topological polar surface area (TPSA) is 37.4 Å². The van der Waals surface area contributed by atoms with Crippen LogP contribution in [0.3, 0.4) is 0 Å². The van der Waals surface area contributed by atoms with Gasteiger partial charge in [-0.2, -0.15) is 0 Å². The molecule has 1 amide bonds. The maximum absolute atomic E-state index is 14.0. The molecule has 1 atom stereocenters. The highest BCUT2D eigenvalue weighted by Gasteiger charge is 2.56. The summed E-state index contributed by atoms with van der Waals surface area (Å²) in [5.74, 6) is -0.176. The lowest BCUT2D eigenvalue weighted by Crippen LogP contribution is -2.52. The molecule has 2 aliphatic heterocycles. The van der Waals surface area contributed by atoms with E-state index in [4.69, 9.17) is 0 Å². The van der Waals surface area contributed by atoms with Crippen LogP contribution in [0.4, 0.5) is 5.69 Å². The van der Waals surface area contributed by atoms with E-state index in [0.717, 1.165) is 27.5 Å². The Hall–Kier alpha value is -3.98. The molecule has 0 unspecified atom stereocenters. The SMILES string of the molecule is O=C1C=C(c2ccccc2)C[C@]2(c3ccc4ccccc4c3)C(=O)c3ccccc3N12. The Morgan fingerprint density at radius 2 is 1.42 bits per heavy atom. The molecular weight excluding hydrogens is 382 g/mol. The number of anilines is 1. The number of amides is 1. The number of hydrogen-bond acceptors (Lipinski definition) is 2. The van der Waals surface area contributed by atoms with E-state index in [1.165, 1.54) is 0 Å². The Balaban J connectivity index is 1.62. The van der Waals surface area contributed by atoms with Crippen LogP contribution in [-0.4, -0.2) is 11.7 Å². The average molecular weight is 401 g/mol. The van der Waals surface area contributed by atoms with Crippen LogP contribution in [0, 0.1) is 0 Å². The summed E-state index contributed by atoms with van der Waals surface area (Å²) >= 11 is 0. The van der Waals surface area contributed by atoms with Crippen LogP contribution < -0.4 is 4.90 Å². The highest BCUT2D eigenvalue weighted by atomic mass is 16.2. The fraction of sp³-hybridized carbons (Fsp3) is 0.0714. The molecule has 0 spiro atoms. The molecule has 0 fully saturated rings. The number of ketones is 1. The van der Waals surface area contributed by atoms with Gasteiger partial charge in [-0.25, -0.2) is 0 Å². The van der Waals surface area contributed by atoms with Gasteiger partial charge in [-0.05, 0) is 45.7 Å². The lowest BCUT2D eigenvalue weighted by Gasteiger charge is -2.41.